The molecule has 0 atom stereocenters. The third-order valence-corrected chi connectivity index (χ3v) is 6.47. The molecule has 2 heterocycles. The molecule has 0 unspecified atom stereocenters. The minimum absolute atomic E-state index is 0.0861. The van der Waals surface area contributed by atoms with Crippen molar-refractivity contribution >= 4 is 27.5 Å². The lowest BCUT2D eigenvalue weighted by Gasteiger charge is -2.13. The standard InChI is InChI=1S/C25H25N3O6S/c1-32-18-7-4-16(5-8-18)14-28-24(30)23-19(10-11-35-23)27(25(28)31)15-22(29)26-13-17-6-9-20(33-2)21(12-17)34-3/h4-12H,13-15H2,1-3H3,(H,26,29). The predicted molar refractivity (Wildman–Crippen MR) is 134 cm³/mol. The number of thiophene rings is 1. The second-order valence-corrected chi connectivity index (χ2v) is 8.63. The van der Waals surface area contributed by atoms with E-state index in [1.54, 1.807) is 69.2 Å². The van der Waals surface area contributed by atoms with Gasteiger partial charge in [0.1, 0.15) is 17.0 Å². The fourth-order valence-electron chi connectivity index (χ4n) is 3.73. The van der Waals surface area contributed by atoms with Gasteiger partial charge in [-0.2, -0.15) is 0 Å². The van der Waals surface area contributed by atoms with Gasteiger partial charge in [0.25, 0.3) is 5.56 Å². The van der Waals surface area contributed by atoms with Crippen LogP contribution in [0.15, 0.2) is 63.5 Å². The molecule has 0 saturated heterocycles. The normalized spacial score (nSPS) is 10.8. The highest BCUT2D eigenvalue weighted by Crippen LogP contribution is 2.27. The van der Waals surface area contributed by atoms with Crippen LogP contribution in [0.3, 0.4) is 0 Å². The number of ether oxygens (including phenoxy) is 3. The van der Waals surface area contributed by atoms with Gasteiger partial charge in [-0.05, 0) is 46.8 Å². The topological polar surface area (TPSA) is 101 Å². The molecule has 10 heteroatoms. The van der Waals surface area contributed by atoms with Crippen molar-refractivity contribution in [3.8, 4) is 17.2 Å². The van der Waals surface area contributed by atoms with Gasteiger partial charge >= 0.3 is 5.69 Å². The molecule has 1 amide bonds. The Hall–Kier alpha value is -4.05. The zero-order chi connectivity index (χ0) is 24.9. The average molecular weight is 496 g/mol. The van der Waals surface area contributed by atoms with Gasteiger partial charge in [-0.1, -0.05) is 18.2 Å². The van der Waals surface area contributed by atoms with E-state index in [2.05, 4.69) is 5.32 Å². The number of hydrogen-bond donors (Lipinski definition) is 1. The molecule has 0 radical (unpaired) electrons. The number of nitrogens with zero attached hydrogens (tertiary/aromatic N) is 2. The highest BCUT2D eigenvalue weighted by molar-refractivity contribution is 7.17. The number of rotatable bonds is 9. The molecule has 0 aliphatic rings. The molecular weight excluding hydrogens is 470 g/mol. The molecule has 1 N–H and O–H groups in total. The Bertz CT molecular complexity index is 1470. The van der Waals surface area contributed by atoms with Crippen LogP contribution in [-0.2, 0) is 24.4 Å². The second kappa shape index (κ2) is 10.5. The van der Waals surface area contributed by atoms with Crippen LogP contribution in [-0.4, -0.2) is 36.4 Å². The molecule has 0 spiro atoms. The Morgan fingerprint density at radius 3 is 2.29 bits per heavy atom. The first-order valence-corrected chi connectivity index (χ1v) is 11.6. The van der Waals surface area contributed by atoms with Crippen molar-refractivity contribution in [1.82, 2.24) is 14.5 Å². The van der Waals surface area contributed by atoms with E-state index in [9.17, 15) is 14.4 Å². The largest absolute Gasteiger partial charge is 0.497 e. The Morgan fingerprint density at radius 1 is 0.886 bits per heavy atom. The summed E-state index contributed by atoms with van der Waals surface area (Å²) in [5.41, 5.74) is 1.10. The van der Waals surface area contributed by atoms with E-state index >= 15 is 0 Å². The van der Waals surface area contributed by atoms with Crippen LogP contribution in [0, 0.1) is 0 Å². The van der Waals surface area contributed by atoms with Crippen molar-refractivity contribution in [1.29, 1.82) is 0 Å². The van der Waals surface area contributed by atoms with Crippen LogP contribution in [0.5, 0.6) is 17.2 Å². The number of carbonyl (C=O) groups is 1. The monoisotopic (exact) mass is 495 g/mol. The molecule has 182 valence electrons. The molecule has 9 nitrogen and oxygen atoms in total. The summed E-state index contributed by atoms with van der Waals surface area (Å²) in [4.78, 5) is 39.1. The SMILES string of the molecule is COc1ccc(Cn2c(=O)c3sccc3n(CC(=O)NCc3ccc(OC)c(OC)c3)c2=O)cc1. The Morgan fingerprint density at radius 2 is 1.60 bits per heavy atom. The Labute approximate surface area is 205 Å². The highest BCUT2D eigenvalue weighted by atomic mass is 32.1. The third kappa shape index (κ3) is 5.07. The lowest BCUT2D eigenvalue weighted by Crippen LogP contribution is -2.42. The maximum absolute atomic E-state index is 13.3. The van der Waals surface area contributed by atoms with Crippen LogP contribution < -0.4 is 30.8 Å². The predicted octanol–water partition coefficient (Wildman–Crippen LogP) is 2.62. The van der Waals surface area contributed by atoms with Crippen LogP contribution in [0.2, 0.25) is 0 Å². The molecule has 4 rings (SSSR count). The number of carbonyl (C=O) groups excluding carboxylic acids is 1. The Balaban J connectivity index is 1.58. The summed E-state index contributed by atoms with van der Waals surface area (Å²) in [6.07, 6.45) is 0. The minimum atomic E-state index is -0.544. The lowest BCUT2D eigenvalue weighted by molar-refractivity contribution is -0.121. The molecule has 2 aromatic carbocycles. The third-order valence-electron chi connectivity index (χ3n) is 5.58. The maximum Gasteiger partial charge on any atom is 0.332 e. The lowest BCUT2D eigenvalue weighted by atomic mass is 10.2. The van der Waals surface area contributed by atoms with Crippen molar-refractivity contribution in [2.24, 2.45) is 0 Å². The van der Waals surface area contributed by atoms with E-state index in [4.69, 9.17) is 14.2 Å². The first kappa shape index (κ1) is 24.1. The summed E-state index contributed by atoms with van der Waals surface area (Å²) in [6.45, 7) is 0.108. The fraction of sp³-hybridized carbons (Fsp3) is 0.240. The molecule has 0 saturated carbocycles. The van der Waals surface area contributed by atoms with Gasteiger partial charge in [-0.3, -0.25) is 18.7 Å². The van der Waals surface area contributed by atoms with Crippen molar-refractivity contribution in [2.75, 3.05) is 21.3 Å². The number of methoxy groups -OCH3 is 3. The molecule has 35 heavy (non-hydrogen) atoms. The fourth-order valence-corrected chi connectivity index (χ4v) is 4.57. The summed E-state index contributed by atoms with van der Waals surface area (Å²) in [7, 11) is 4.66. The number of aromatic nitrogens is 2. The zero-order valence-electron chi connectivity index (χ0n) is 19.6. The van der Waals surface area contributed by atoms with E-state index in [0.717, 1.165) is 15.7 Å². The van der Waals surface area contributed by atoms with Gasteiger partial charge in [-0.25, -0.2) is 4.79 Å². The van der Waals surface area contributed by atoms with E-state index in [1.165, 1.54) is 15.9 Å². The smallest absolute Gasteiger partial charge is 0.332 e. The van der Waals surface area contributed by atoms with Crippen LogP contribution in [0.4, 0.5) is 0 Å². The number of hydrogen-bond acceptors (Lipinski definition) is 7. The number of nitrogens with one attached hydrogen (secondary N) is 1. The van der Waals surface area contributed by atoms with Crippen LogP contribution in [0.25, 0.3) is 10.2 Å². The van der Waals surface area contributed by atoms with Crippen molar-refractivity contribution < 1.29 is 19.0 Å². The summed E-state index contributed by atoms with van der Waals surface area (Å²) in [5.74, 6) is 1.47. The highest BCUT2D eigenvalue weighted by Gasteiger charge is 2.17. The van der Waals surface area contributed by atoms with E-state index in [-0.39, 0.29) is 31.1 Å². The molecular formula is C25H25N3O6S. The van der Waals surface area contributed by atoms with E-state index in [0.29, 0.717) is 27.5 Å². The average Bonchev–Trinajstić information content (AvgIpc) is 3.38. The van der Waals surface area contributed by atoms with Gasteiger partial charge in [0.05, 0.1) is 33.4 Å². The van der Waals surface area contributed by atoms with Crippen LogP contribution >= 0.6 is 11.3 Å². The van der Waals surface area contributed by atoms with Gasteiger partial charge in [-0.15, -0.1) is 11.3 Å². The molecule has 0 aliphatic heterocycles. The van der Waals surface area contributed by atoms with E-state index in [1.807, 2.05) is 6.07 Å². The molecule has 4 aromatic rings. The number of fused-ring (bicyclic) bond motifs is 1. The summed E-state index contributed by atoms with van der Waals surface area (Å²) in [6, 6.07) is 14.2. The van der Waals surface area contributed by atoms with Crippen molar-refractivity contribution in [2.45, 2.75) is 19.6 Å². The quantitative estimate of drug-likeness (QED) is 0.383. The van der Waals surface area contributed by atoms with Gasteiger partial charge in [0, 0.05) is 6.54 Å². The molecule has 0 fully saturated rings. The number of amides is 1. The van der Waals surface area contributed by atoms with Gasteiger partial charge in [0.2, 0.25) is 5.91 Å². The summed E-state index contributed by atoms with van der Waals surface area (Å²) in [5, 5.41) is 4.56. The molecule has 0 aliphatic carbocycles. The van der Waals surface area contributed by atoms with Gasteiger partial charge < -0.3 is 19.5 Å². The second-order valence-electron chi connectivity index (χ2n) is 7.71. The molecule has 2 aromatic heterocycles. The van der Waals surface area contributed by atoms with Gasteiger partial charge in [0.15, 0.2) is 11.5 Å². The molecule has 0 bridgehead atoms. The zero-order valence-corrected chi connectivity index (χ0v) is 20.4. The minimum Gasteiger partial charge on any atom is -0.497 e. The first-order valence-electron chi connectivity index (χ1n) is 10.8. The first-order chi connectivity index (χ1) is 16.9. The van der Waals surface area contributed by atoms with Crippen LogP contribution in [0.1, 0.15) is 11.1 Å². The van der Waals surface area contributed by atoms with Crippen molar-refractivity contribution in [3.05, 3.63) is 85.9 Å². The maximum atomic E-state index is 13.3. The van der Waals surface area contributed by atoms with Crippen molar-refractivity contribution in [3.63, 3.8) is 0 Å². The summed E-state index contributed by atoms with van der Waals surface area (Å²) < 4.78 is 18.6. The summed E-state index contributed by atoms with van der Waals surface area (Å²) >= 11 is 1.24. The van der Waals surface area contributed by atoms with E-state index < -0.39 is 5.69 Å². The number of benzene rings is 2. The Kier molecular flexibility index (Phi) is 7.21.